The molecule has 1 amide bonds. The maximum absolute atomic E-state index is 13.2. The summed E-state index contributed by atoms with van der Waals surface area (Å²) in [5, 5.41) is -0.250. The third-order valence-corrected chi connectivity index (χ3v) is 5.39. The summed E-state index contributed by atoms with van der Waals surface area (Å²) in [7, 11) is 0. The molecule has 2 aromatic carbocycles. The largest absolute Gasteiger partial charge is 0.481 e. The topological polar surface area (TPSA) is 63.0 Å². The van der Waals surface area contributed by atoms with Gasteiger partial charge in [-0.05, 0) is 31.2 Å². The number of hydrogen-bond acceptors (Lipinski definition) is 5. The third-order valence-electron chi connectivity index (χ3n) is 5.39. The van der Waals surface area contributed by atoms with Gasteiger partial charge >= 0.3 is 11.8 Å². The van der Waals surface area contributed by atoms with E-state index >= 15 is 0 Å². The van der Waals surface area contributed by atoms with Gasteiger partial charge in [0, 0.05) is 49.4 Å². The van der Waals surface area contributed by atoms with Crippen LogP contribution in [0.4, 0.5) is 18.9 Å². The van der Waals surface area contributed by atoms with E-state index < -0.39 is 23.5 Å². The van der Waals surface area contributed by atoms with Gasteiger partial charge in [-0.3, -0.25) is 4.79 Å². The van der Waals surface area contributed by atoms with Crippen molar-refractivity contribution in [3.8, 4) is 5.75 Å². The molecule has 3 aromatic rings. The van der Waals surface area contributed by atoms with Gasteiger partial charge in [0.2, 0.25) is 0 Å². The predicted octanol–water partition coefficient (Wildman–Crippen LogP) is 3.93. The Kier molecular flexibility index (Phi) is 5.82. The zero-order valence-electron chi connectivity index (χ0n) is 17.3. The summed E-state index contributed by atoms with van der Waals surface area (Å²) in [4.78, 5) is 28.3. The molecule has 1 saturated heterocycles. The first-order valence-corrected chi connectivity index (χ1v) is 10.1. The van der Waals surface area contributed by atoms with Gasteiger partial charge in [0.1, 0.15) is 11.3 Å². The van der Waals surface area contributed by atoms with Crippen LogP contribution in [0.2, 0.25) is 0 Å². The standard InChI is InChI=1S/C23H21F3N2O4/c1-15(22(30)28-11-9-27(10-12-28)16-5-3-2-4-6-16)31-17-7-8-18-19(23(24,25)26)14-21(29)32-20(18)13-17/h2-8,13-15H,9-12H2,1H3. The number of amides is 1. The number of para-hydroxylation sites is 1. The lowest BCUT2D eigenvalue weighted by Gasteiger charge is -2.37. The van der Waals surface area contributed by atoms with Gasteiger partial charge in [0.25, 0.3) is 5.91 Å². The summed E-state index contributed by atoms with van der Waals surface area (Å²) >= 11 is 0. The molecule has 1 unspecified atom stereocenters. The maximum atomic E-state index is 13.2. The molecule has 0 spiro atoms. The Labute approximate surface area is 181 Å². The van der Waals surface area contributed by atoms with E-state index in [1.165, 1.54) is 18.2 Å². The van der Waals surface area contributed by atoms with E-state index in [-0.39, 0.29) is 22.6 Å². The summed E-state index contributed by atoms with van der Waals surface area (Å²) in [5.41, 5.74) is -1.34. The number of carbonyl (C=O) groups is 1. The first-order chi connectivity index (χ1) is 15.2. The van der Waals surface area contributed by atoms with Crippen molar-refractivity contribution in [2.75, 3.05) is 31.1 Å². The van der Waals surface area contributed by atoms with E-state index in [0.29, 0.717) is 32.2 Å². The number of hydrogen-bond donors (Lipinski definition) is 0. The molecule has 1 aliphatic heterocycles. The normalized spacial score (nSPS) is 15.6. The van der Waals surface area contributed by atoms with Gasteiger partial charge < -0.3 is 19.0 Å². The predicted molar refractivity (Wildman–Crippen MR) is 113 cm³/mol. The molecule has 6 nitrogen and oxygen atoms in total. The molecule has 1 aliphatic rings. The lowest BCUT2D eigenvalue weighted by molar-refractivity contribution is -0.138. The summed E-state index contributed by atoms with van der Waals surface area (Å²) in [6, 6.07) is 14.0. The fourth-order valence-corrected chi connectivity index (χ4v) is 3.79. The van der Waals surface area contributed by atoms with Crippen molar-refractivity contribution < 1.29 is 27.1 Å². The second-order valence-electron chi connectivity index (χ2n) is 7.54. The smallest absolute Gasteiger partial charge is 0.417 e. The van der Waals surface area contributed by atoms with Crippen LogP contribution in [-0.4, -0.2) is 43.1 Å². The fraction of sp³-hybridized carbons (Fsp3) is 0.304. The third kappa shape index (κ3) is 4.56. The quantitative estimate of drug-likeness (QED) is 0.569. The Hall–Kier alpha value is -3.49. The van der Waals surface area contributed by atoms with E-state index in [4.69, 9.17) is 9.15 Å². The highest BCUT2D eigenvalue weighted by Crippen LogP contribution is 2.35. The van der Waals surface area contributed by atoms with E-state index in [1.54, 1.807) is 11.8 Å². The van der Waals surface area contributed by atoms with Gasteiger partial charge in [-0.15, -0.1) is 0 Å². The van der Waals surface area contributed by atoms with Crippen molar-refractivity contribution >= 4 is 22.6 Å². The minimum Gasteiger partial charge on any atom is -0.481 e. The summed E-state index contributed by atoms with van der Waals surface area (Å²) in [6.07, 6.45) is -5.55. The Balaban J connectivity index is 1.44. The number of alkyl halides is 3. The molecule has 4 rings (SSSR count). The molecule has 0 saturated carbocycles. The molecule has 0 aliphatic carbocycles. The lowest BCUT2D eigenvalue weighted by Crippen LogP contribution is -2.52. The minimum atomic E-state index is -4.69. The van der Waals surface area contributed by atoms with Gasteiger partial charge in [-0.2, -0.15) is 13.2 Å². The van der Waals surface area contributed by atoms with Crippen molar-refractivity contribution in [2.45, 2.75) is 19.2 Å². The van der Waals surface area contributed by atoms with Gasteiger partial charge in [-0.25, -0.2) is 4.79 Å². The van der Waals surface area contributed by atoms with E-state index in [1.807, 2.05) is 30.3 Å². The first kappa shape index (κ1) is 21.7. The van der Waals surface area contributed by atoms with Crippen LogP contribution in [-0.2, 0) is 11.0 Å². The van der Waals surface area contributed by atoms with E-state index in [2.05, 4.69) is 4.90 Å². The number of piperazine rings is 1. The number of rotatable bonds is 4. The van der Waals surface area contributed by atoms with E-state index in [0.717, 1.165) is 5.69 Å². The summed E-state index contributed by atoms with van der Waals surface area (Å²) in [5.74, 6) is -0.0768. The highest BCUT2D eigenvalue weighted by molar-refractivity contribution is 5.83. The highest BCUT2D eigenvalue weighted by Gasteiger charge is 2.34. The number of benzene rings is 2. The highest BCUT2D eigenvalue weighted by atomic mass is 19.4. The van der Waals surface area contributed by atoms with Crippen LogP contribution in [0, 0.1) is 0 Å². The number of carbonyl (C=O) groups excluding carboxylic acids is 1. The summed E-state index contributed by atoms with van der Waals surface area (Å²) < 4.78 is 50.2. The first-order valence-electron chi connectivity index (χ1n) is 10.1. The Morgan fingerprint density at radius 2 is 1.72 bits per heavy atom. The minimum absolute atomic E-state index is 0.142. The Bertz CT molecular complexity index is 1170. The second-order valence-corrected chi connectivity index (χ2v) is 7.54. The maximum Gasteiger partial charge on any atom is 0.417 e. The zero-order chi connectivity index (χ0) is 22.9. The second kappa shape index (κ2) is 8.57. The van der Waals surface area contributed by atoms with Crippen LogP contribution in [0.1, 0.15) is 12.5 Å². The van der Waals surface area contributed by atoms with Gasteiger partial charge in [0.15, 0.2) is 6.10 Å². The molecule has 0 N–H and O–H groups in total. The average Bonchev–Trinajstić information content (AvgIpc) is 2.78. The molecule has 1 aromatic heterocycles. The van der Waals surface area contributed by atoms with Crippen molar-refractivity contribution in [1.29, 1.82) is 0 Å². The number of nitrogens with zero attached hydrogens (tertiary/aromatic N) is 2. The molecule has 168 valence electrons. The van der Waals surface area contributed by atoms with Crippen molar-refractivity contribution in [3.63, 3.8) is 0 Å². The van der Waals surface area contributed by atoms with Crippen LogP contribution in [0.3, 0.4) is 0 Å². The van der Waals surface area contributed by atoms with Crippen LogP contribution >= 0.6 is 0 Å². The van der Waals surface area contributed by atoms with Crippen LogP contribution in [0.5, 0.6) is 5.75 Å². The number of ether oxygens (including phenoxy) is 1. The molecular formula is C23H21F3N2O4. The van der Waals surface area contributed by atoms with Crippen LogP contribution in [0.25, 0.3) is 11.0 Å². The lowest BCUT2D eigenvalue weighted by atomic mass is 10.1. The molecule has 32 heavy (non-hydrogen) atoms. The monoisotopic (exact) mass is 446 g/mol. The van der Waals surface area contributed by atoms with Crippen LogP contribution < -0.4 is 15.3 Å². The van der Waals surface area contributed by atoms with E-state index in [9.17, 15) is 22.8 Å². The molecule has 0 bridgehead atoms. The van der Waals surface area contributed by atoms with Gasteiger partial charge in [0.05, 0.1) is 5.56 Å². The zero-order valence-corrected chi connectivity index (χ0v) is 17.3. The molecule has 2 heterocycles. The number of halogens is 3. The Morgan fingerprint density at radius 1 is 1.03 bits per heavy atom. The molecular weight excluding hydrogens is 425 g/mol. The molecule has 1 fully saturated rings. The van der Waals surface area contributed by atoms with Crippen molar-refractivity contribution in [2.24, 2.45) is 0 Å². The van der Waals surface area contributed by atoms with Gasteiger partial charge in [-0.1, -0.05) is 18.2 Å². The van der Waals surface area contributed by atoms with Crippen molar-refractivity contribution in [1.82, 2.24) is 4.90 Å². The molecule has 1 atom stereocenters. The molecule has 0 radical (unpaired) electrons. The van der Waals surface area contributed by atoms with Crippen molar-refractivity contribution in [3.05, 3.63) is 70.6 Å². The summed E-state index contributed by atoms with van der Waals surface area (Å²) in [6.45, 7) is 4.01. The SMILES string of the molecule is CC(Oc1ccc2c(C(F)(F)F)cc(=O)oc2c1)C(=O)N1CCN(c2ccccc2)CC1. The number of anilines is 1. The average molecular weight is 446 g/mol. The molecule has 9 heteroatoms. The Morgan fingerprint density at radius 3 is 2.38 bits per heavy atom. The number of fused-ring (bicyclic) bond motifs is 1. The fourth-order valence-electron chi connectivity index (χ4n) is 3.79. The van der Waals surface area contributed by atoms with Crippen LogP contribution in [0.15, 0.2) is 63.8 Å².